The number of hydrogen-bond donors (Lipinski definition) is 0. The summed E-state index contributed by atoms with van der Waals surface area (Å²) in [5.41, 5.74) is 2.14. The zero-order chi connectivity index (χ0) is 53.9. The normalized spacial score (nSPS) is 30.5. The van der Waals surface area contributed by atoms with Gasteiger partial charge in [0.15, 0.2) is 0 Å². The van der Waals surface area contributed by atoms with Gasteiger partial charge in [-0.05, 0) is 172 Å². The Bertz CT molecular complexity index is 1350. The molecule has 0 spiro atoms. The summed E-state index contributed by atoms with van der Waals surface area (Å²) in [5.74, 6) is 2.54. The summed E-state index contributed by atoms with van der Waals surface area (Å²) in [5, 5.41) is 0. The molecule has 0 bridgehead atoms. The number of methoxy groups -OCH3 is 1. The van der Waals surface area contributed by atoms with Gasteiger partial charge in [-0.2, -0.15) is 0 Å². The molecular weight excluding hydrogens is 843 g/mol. The molecule has 69 heavy (non-hydrogen) atoms. The number of rotatable bonds is 9. The van der Waals surface area contributed by atoms with Crippen LogP contribution in [0.1, 0.15) is 259 Å². The van der Waals surface area contributed by atoms with E-state index in [1.807, 2.05) is 7.11 Å². The second-order valence-corrected chi connectivity index (χ2v) is 30.3. The topological polar surface area (TPSA) is 25.4 Å². The molecule has 6 heteroatoms. The van der Waals surface area contributed by atoms with Crippen LogP contribution in [0.5, 0.6) is 0 Å². The molecule has 0 radical (unpaired) electrons. The zero-order valence-electron chi connectivity index (χ0n) is 53.0. The molecule has 5 unspecified atom stereocenters. The minimum absolute atomic E-state index is 0.382. The Morgan fingerprint density at radius 3 is 1.06 bits per heavy atom. The second-order valence-electron chi connectivity index (χ2n) is 30.3. The van der Waals surface area contributed by atoms with Gasteiger partial charge in [-0.15, -0.1) is 0 Å². The van der Waals surface area contributed by atoms with Crippen molar-refractivity contribution in [3.8, 4) is 0 Å². The van der Waals surface area contributed by atoms with Gasteiger partial charge < -0.3 is 4.74 Å². The molecule has 0 aliphatic carbocycles. The van der Waals surface area contributed by atoms with Crippen molar-refractivity contribution in [2.45, 2.75) is 331 Å². The maximum absolute atomic E-state index is 5.29. The van der Waals surface area contributed by atoms with Gasteiger partial charge in [0.05, 0.1) is 6.61 Å². The minimum Gasteiger partial charge on any atom is -0.384 e. The maximum Gasteiger partial charge on any atom is 0.0503 e. The lowest BCUT2D eigenvalue weighted by molar-refractivity contribution is 0.0758. The van der Waals surface area contributed by atoms with Crippen molar-refractivity contribution in [2.24, 2.45) is 44.8 Å². The predicted octanol–water partition coefficient (Wildman–Crippen LogP) is 16.4. The SMILES string of the molecule is CC(C)N1C(C)CC[C@H]1C(C)(C)C.CC1C[C@@H](C(C)(C)C)N(C(C)C)C1.CCC1CC[C@@H](C(C)(C)C)N1C(C)C.CCC1C[C@@H](C(C)(C)C)N(C(C)C)C1.COCC1C[C@@H](C(C)(C)C)N(C(C)C)C1. The molecule has 0 saturated carbocycles. The van der Waals surface area contributed by atoms with Crippen molar-refractivity contribution < 1.29 is 4.74 Å². The van der Waals surface area contributed by atoms with Crippen LogP contribution in [0, 0.1) is 44.8 Å². The van der Waals surface area contributed by atoms with Crippen LogP contribution in [0.25, 0.3) is 0 Å². The number of likely N-dealkylation sites (tertiary alicyclic amines) is 5. The number of hydrogen-bond acceptors (Lipinski definition) is 6. The average Bonchev–Trinajstić information content (AvgIpc) is 4.03. The van der Waals surface area contributed by atoms with E-state index in [1.54, 1.807) is 0 Å². The lowest BCUT2D eigenvalue weighted by atomic mass is 9.83. The summed E-state index contributed by atoms with van der Waals surface area (Å²) in [6.45, 7) is 72.9. The maximum atomic E-state index is 5.29. The van der Waals surface area contributed by atoms with Gasteiger partial charge in [-0.1, -0.05) is 131 Å². The van der Waals surface area contributed by atoms with Gasteiger partial charge in [0.2, 0.25) is 0 Å². The quantitative estimate of drug-likeness (QED) is 0.228. The van der Waals surface area contributed by atoms with Crippen molar-refractivity contribution in [3.05, 3.63) is 0 Å². The van der Waals surface area contributed by atoms with Crippen molar-refractivity contribution in [3.63, 3.8) is 0 Å². The molecule has 0 aromatic carbocycles. The van der Waals surface area contributed by atoms with Crippen LogP contribution >= 0.6 is 0 Å². The Labute approximate surface area is 436 Å². The molecule has 0 aromatic heterocycles. The molecule has 0 aromatic rings. The van der Waals surface area contributed by atoms with E-state index in [2.05, 4.69) is 225 Å². The van der Waals surface area contributed by atoms with E-state index in [9.17, 15) is 0 Å². The molecule has 5 fully saturated rings. The Morgan fingerprint density at radius 2 is 0.754 bits per heavy atom. The molecule has 414 valence electrons. The fraction of sp³-hybridized carbons (Fsp3) is 1.00. The largest absolute Gasteiger partial charge is 0.384 e. The smallest absolute Gasteiger partial charge is 0.0503 e. The molecule has 5 aliphatic rings. The fourth-order valence-corrected chi connectivity index (χ4v) is 13.6. The molecule has 10 atom stereocenters. The van der Waals surface area contributed by atoms with Crippen LogP contribution in [-0.2, 0) is 4.74 Å². The van der Waals surface area contributed by atoms with Crippen LogP contribution in [-0.4, -0.2) is 130 Å². The standard InChI is InChI=1S/C13H27NO.2C13H27N.2C12H25N/c1-10(2)14-8-11(9-15-6)7-12(14)13(3,4)5;1-7-11-8-12(13(4,5)6)14(9-11)10(2)3;1-7-11-8-9-12(13(4,5)6)14(11)10(2)3;1-9(2)13-8-10(3)7-11(13)12(4,5)6;1-9(2)13-10(3)7-8-11(13)12(4,5)6/h10-12H,7-9H2,1-6H3;2*10-12H,7-9H2,1-6H3;2*9-11H,7-8H2,1-6H3/t3*11?,12-;2*10?,11-/m00000/s1. The Hall–Kier alpha value is -0.240. The monoisotopic (exact) mass is 974 g/mol. The van der Waals surface area contributed by atoms with Crippen molar-refractivity contribution >= 4 is 0 Å². The summed E-state index contributed by atoms with van der Waals surface area (Å²) in [6, 6.07) is 8.90. The summed E-state index contributed by atoms with van der Waals surface area (Å²) in [7, 11) is 1.81. The van der Waals surface area contributed by atoms with Gasteiger partial charge >= 0.3 is 0 Å². The molecule has 5 rings (SSSR count). The highest BCUT2D eigenvalue weighted by atomic mass is 16.5. The fourth-order valence-electron chi connectivity index (χ4n) is 13.6. The highest BCUT2D eigenvalue weighted by molar-refractivity contribution is 4.97. The van der Waals surface area contributed by atoms with Crippen LogP contribution in [0.4, 0.5) is 0 Å². The minimum atomic E-state index is 0.382. The zero-order valence-corrected chi connectivity index (χ0v) is 53.0. The van der Waals surface area contributed by atoms with E-state index in [0.717, 1.165) is 60.6 Å². The van der Waals surface area contributed by atoms with E-state index in [1.165, 1.54) is 77.4 Å². The van der Waals surface area contributed by atoms with Gasteiger partial charge in [0.25, 0.3) is 0 Å². The van der Waals surface area contributed by atoms with Gasteiger partial charge in [0, 0.05) is 99.2 Å². The molecule has 5 heterocycles. The average molecular weight is 975 g/mol. The third kappa shape index (κ3) is 20.8. The summed E-state index contributed by atoms with van der Waals surface area (Å²) < 4.78 is 5.29. The lowest BCUT2D eigenvalue weighted by Gasteiger charge is -2.40. The Balaban J connectivity index is 0.000000432. The lowest BCUT2D eigenvalue weighted by Crippen LogP contribution is -2.46. The number of ether oxygens (including phenoxy) is 1. The first kappa shape index (κ1) is 66.8. The highest BCUT2D eigenvalue weighted by Gasteiger charge is 2.43. The van der Waals surface area contributed by atoms with Gasteiger partial charge in [-0.3, -0.25) is 24.5 Å². The van der Waals surface area contributed by atoms with Gasteiger partial charge in [0.1, 0.15) is 0 Å². The second kappa shape index (κ2) is 28.1. The molecule has 0 amide bonds. The van der Waals surface area contributed by atoms with Crippen LogP contribution in [0.2, 0.25) is 0 Å². The van der Waals surface area contributed by atoms with Crippen molar-refractivity contribution in [1.29, 1.82) is 0 Å². The molecular formula is C63H131N5O. The third-order valence-corrected chi connectivity index (χ3v) is 17.3. The van der Waals surface area contributed by atoms with Gasteiger partial charge in [-0.25, -0.2) is 0 Å². The summed E-state index contributed by atoms with van der Waals surface area (Å²) >= 11 is 0. The van der Waals surface area contributed by atoms with Crippen LogP contribution < -0.4 is 0 Å². The third-order valence-electron chi connectivity index (χ3n) is 17.3. The molecule has 0 N–H and O–H groups in total. The van der Waals surface area contributed by atoms with E-state index >= 15 is 0 Å². The highest BCUT2D eigenvalue weighted by Crippen LogP contribution is 2.41. The van der Waals surface area contributed by atoms with Crippen molar-refractivity contribution in [2.75, 3.05) is 33.4 Å². The van der Waals surface area contributed by atoms with E-state index < -0.39 is 0 Å². The Kier molecular flexibility index (Phi) is 27.1. The van der Waals surface area contributed by atoms with E-state index in [4.69, 9.17) is 4.74 Å². The number of nitrogens with zero attached hydrogens (tertiary/aromatic N) is 5. The summed E-state index contributed by atoms with van der Waals surface area (Å²) in [4.78, 5) is 13.5. The van der Waals surface area contributed by atoms with E-state index in [-0.39, 0.29) is 0 Å². The first-order valence-corrected chi connectivity index (χ1v) is 29.6. The Morgan fingerprint density at radius 1 is 0.406 bits per heavy atom. The molecule has 6 nitrogen and oxygen atoms in total. The van der Waals surface area contributed by atoms with Crippen LogP contribution in [0.3, 0.4) is 0 Å². The van der Waals surface area contributed by atoms with E-state index in [0.29, 0.717) is 63.3 Å². The molecule has 5 aliphatic heterocycles. The van der Waals surface area contributed by atoms with Crippen molar-refractivity contribution in [1.82, 2.24) is 24.5 Å². The predicted molar refractivity (Wildman–Crippen MR) is 310 cm³/mol. The first-order chi connectivity index (χ1) is 31.2. The summed E-state index contributed by atoms with van der Waals surface area (Å²) in [6.07, 6.45) is 12.3. The first-order valence-electron chi connectivity index (χ1n) is 29.6. The molecule has 5 saturated heterocycles. The van der Waals surface area contributed by atoms with Crippen LogP contribution in [0.15, 0.2) is 0 Å².